The highest BCUT2D eigenvalue weighted by atomic mass is 16.5. The van der Waals surface area contributed by atoms with E-state index in [1.807, 2.05) is 38.4 Å². The summed E-state index contributed by atoms with van der Waals surface area (Å²) in [5.41, 5.74) is 1.81. The molecule has 0 atom stereocenters. The molecule has 0 aliphatic rings. The van der Waals surface area contributed by atoms with Gasteiger partial charge in [0.2, 0.25) is 5.91 Å². The number of anilines is 1. The first kappa shape index (κ1) is 15.2. The van der Waals surface area contributed by atoms with E-state index < -0.39 is 0 Å². The van der Waals surface area contributed by atoms with E-state index in [9.17, 15) is 4.79 Å². The summed E-state index contributed by atoms with van der Waals surface area (Å²) in [4.78, 5) is 13.1. The molecule has 0 fully saturated rings. The van der Waals surface area contributed by atoms with Gasteiger partial charge in [0.25, 0.3) is 0 Å². The van der Waals surface area contributed by atoms with E-state index in [0.717, 1.165) is 23.5 Å². The number of nitrogens with one attached hydrogen (secondary N) is 1. The number of benzene rings is 1. The van der Waals surface area contributed by atoms with Gasteiger partial charge in [-0.3, -0.25) is 4.79 Å². The molecule has 0 aliphatic carbocycles. The van der Waals surface area contributed by atoms with Crippen LogP contribution in [0.2, 0.25) is 0 Å². The van der Waals surface area contributed by atoms with Crippen molar-refractivity contribution in [2.45, 2.75) is 13.3 Å². The molecule has 1 N–H and O–H groups in total. The second kappa shape index (κ2) is 7.59. The van der Waals surface area contributed by atoms with Crippen LogP contribution in [0.3, 0.4) is 0 Å². The molecule has 19 heavy (non-hydrogen) atoms. The fourth-order valence-corrected chi connectivity index (χ4v) is 1.65. The Labute approximate surface area is 115 Å². The van der Waals surface area contributed by atoms with Gasteiger partial charge in [-0.15, -0.1) is 6.58 Å². The van der Waals surface area contributed by atoms with Gasteiger partial charge in [-0.1, -0.05) is 6.08 Å². The Morgan fingerprint density at radius 3 is 2.79 bits per heavy atom. The molecule has 104 valence electrons. The number of carbonyl (C=O) groups is 1. The monoisotopic (exact) mass is 262 g/mol. The molecule has 1 amide bonds. The van der Waals surface area contributed by atoms with Crippen LogP contribution in [-0.2, 0) is 11.2 Å². The number of allylic oxidation sites excluding steroid dienone is 1. The predicted octanol–water partition coefficient (Wildman–Crippen LogP) is 2.31. The summed E-state index contributed by atoms with van der Waals surface area (Å²) in [5.74, 6) is 0.765. The maximum absolute atomic E-state index is 11.0. The zero-order valence-corrected chi connectivity index (χ0v) is 11.9. The van der Waals surface area contributed by atoms with Crippen molar-refractivity contribution in [3.63, 3.8) is 0 Å². The van der Waals surface area contributed by atoms with Gasteiger partial charge in [-0.25, -0.2) is 0 Å². The molecule has 0 aliphatic heterocycles. The van der Waals surface area contributed by atoms with Crippen molar-refractivity contribution in [1.82, 2.24) is 4.90 Å². The van der Waals surface area contributed by atoms with E-state index in [-0.39, 0.29) is 5.91 Å². The highest BCUT2D eigenvalue weighted by Gasteiger charge is 2.05. The molecule has 0 saturated heterocycles. The van der Waals surface area contributed by atoms with E-state index in [1.54, 1.807) is 0 Å². The number of amides is 1. The lowest BCUT2D eigenvalue weighted by atomic mass is 10.1. The molecule has 0 radical (unpaired) electrons. The normalized spacial score (nSPS) is 10.3. The maximum Gasteiger partial charge on any atom is 0.221 e. The minimum atomic E-state index is -0.0779. The largest absolute Gasteiger partial charge is 0.492 e. The Morgan fingerprint density at radius 2 is 2.21 bits per heavy atom. The van der Waals surface area contributed by atoms with Crippen molar-refractivity contribution in [3.05, 3.63) is 36.4 Å². The quantitative estimate of drug-likeness (QED) is 0.767. The average Bonchev–Trinajstić information content (AvgIpc) is 2.31. The highest BCUT2D eigenvalue weighted by Crippen LogP contribution is 2.23. The van der Waals surface area contributed by atoms with Crippen LogP contribution in [0.4, 0.5) is 5.69 Å². The third kappa shape index (κ3) is 5.57. The molecule has 1 aromatic rings. The molecular weight excluding hydrogens is 240 g/mol. The summed E-state index contributed by atoms with van der Waals surface area (Å²) in [6.07, 6.45) is 2.54. The lowest BCUT2D eigenvalue weighted by Crippen LogP contribution is -2.19. The first-order chi connectivity index (χ1) is 9.02. The van der Waals surface area contributed by atoms with Crippen LogP contribution in [0.5, 0.6) is 5.75 Å². The number of hydrogen-bond acceptors (Lipinski definition) is 3. The molecule has 4 nitrogen and oxygen atoms in total. The summed E-state index contributed by atoms with van der Waals surface area (Å²) in [5, 5.41) is 2.77. The Kier molecular flexibility index (Phi) is 6.09. The molecule has 1 aromatic carbocycles. The SMILES string of the molecule is C=CCc1cc(NC(C)=O)ccc1OCCN(C)C. The topological polar surface area (TPSA) is 41.6 Å². The van der Waals surface area contributed by atoms with Crippen LogP contribution in [0.15, 0.2) is 30.9 Å². The summed E-state index contributed by atoms with van der Waals surface area (Å²) < 4.78 is 5.76. The van der Waals surface area contributed by atoms with Gasteiger partial charge in [0.15, 0.2) is 0 Å². The zero-order chi connectivity index (χ0) is 14.3. The van der Waals surface area contributed by atoms with Crippen LogP contribution in [-0.4, -0.2) is 38.1 Å². The van der Waals surface area contributed by atoms with Crippen molar-refractivity contribution in [3.8, 4) is 5.75 Å². The summed E-state index contributed by atoms with van der Waals surface area (Å²) in [6.45, 7) is 6.74. The second-order valence-corrected chi connectivity index (χ2v) is 4.65. The van der Waals surface area contributed by atoms with Crippen molar-refractivity contribution in [1.29, 1.82) is 0 Å². The van der Waals surface area contributed by atoms with Crippen molar-refractivity contribution in [2.75, 3.05) is 32.6 Å². The van der Waals surface area contributed by atoms with Crippen LogP contribution in [0.1, 0.15) is 12.5 Å². The molecular formula is C15H22N2O2. The molecule has 0 spiro atoms. The standard InChI is InChI=1S/C15H22N2O2/c1-5-6-13-11-14(16-12(2)18)7-8-15(13)19-10-9-17(3)4/h5,7-8,11H,1,6,9-10H2,2-4H3,(H,16,18). The van der Waals surface area contributed by atoms with Gasteiger partial charge in [-0.2, -0.15) is 0 Å². The number of ether oxygens (including phenoxy) is 1. The highest BCUT2D eigenvalue weighted by molar-refractivity contribution is 5.88. The first-order valence-corrected chi connectivity index (χ1v) is 6.32. The van der Waals surface area contributed by atoms with Crippen LogP contribution in [0.25, 0.3) is 0 Å². The average molecular weight is 262 g/mol. The molecule has 4 heteroatoms. The van der Waals surface area contributed by atoms with Gasteiger partial charge in [0.1, 0.15) is 12.4 Å². The van der Waals surface area contributed by atoms with Crippen molar-refractivity contribution in [2.24, 2.45) is 0 Å². The number of rotatable bonds is 7. The van der Waals surface area contributed by atoms with Gasteiger partial charge in [0.05, 0.1) is 0 Å². The third-order valence-electron chi connectivity index (χ3n) is 2.54. The Morgan fingerprint density at radius 1 is 1.47 bits per heavy atom. The lowest BCUT2D eigenvalue weighted by molar-refractivity contribution is -0.114. The molecule has 0 aromatic heterocycles. The number of nitrogens with zero attached hydrogens (tertiary/aromatic N) is 1. The Bertz CT molecular complexity index is 442. The maximum atomic E-state index is 11.0. The lowest BCUT2D eigenvalue weighted by Gasteiger charge is -2.14. The van der Waals surface area contributed by atoms with E-state index >= 15 is 0 Å². The van der Waals surface area contributed by atoms with Gasteiger partial charge >= 0.3 is 0 Å². The van der Waals surface area contributed by atoms with Crippen molar-refractivity contribution < 1.29 is 9.53 Å². The minimum absolute atomic E-state index is 0.0779. The first-order valence-electron chi connectivity index (χ1n) is 6.32. The van der Waals surface area contributed by atoms with Gasteiger partial charge < -0.3 is 15.0 Å². The van der Waals surface area contributed by atoms with E-state index in [0.29, 0.717) is 13.0 Å². The second-order valence-electron chi connectivity index (χ2n) is 4.65. The van der Waals surface area contributed by atoms with E-state index in [4.69, 9.17) is 4.74 Å². The predicted molar refractivity (Wildman–Crippen MR) is 78.7 cm³/mol. The molecule has 1 rings (SSSR count). The van der Waals surface area contributed by atoms with Crippen molar-refractivity contribution >= 4 is 11.6 Å². The molecule has 0 saturated carbocycles. The molecule has 0 bridgehead atoms. The minimum Gasteiger partial charge on any atom is -0.492 e. The van der Waals surface area contributed by atoms with Crippen LogP contribution < -0.4 is 10.1 Å². The number of hydrogen-bond donors (Lipinski definition) is 1. The fourth-order valence-electron chi connectivity index (χ4n) is 1.65. The van der Waals surface area contributed by atoms with E-state index in [2.05, 4.69) is 16.8 Å². The van der Waals surface area contributed by atoms with E-state index in [1.165, 1.54) is 6.92 Å². The Balaban J connectivity index is 2.78. The Hall–Kier alpha value is -1.81. The summed E-state index contributed by atoms with van der Waals surface area (Å²) in [6, 6.07) is 5.66. The van der Waals surface area contributed by atoms with Gasteiger partial charge in [-0.05, 0) is 44.3 Å². The van der Waals surface area contributed by atoms with Crippen LogP contribution >= 0.6 is 0 Å². The molecule has 0 unspecified atom stereocenters. The zero-order valence-electron chi connectivity index (χ0n) is 11.9. The fraction of sp³-hybridized carbons (Fsp3) is 0.400. The smallest absolute Gasteiger partial charge is 0.221 e. The third-order valence-corrected chi connectivity index (χ3v) is 2.54. The summed E-state index contributed by atoms with van der Waals surface area (Å²) >= 11 is 0. The summed E-state index contributed by atoms with van der Waals surface area (Å²) in [7, 11) is 4.02. The number of likely N-dealkylation sites (N-methyl/N-ethyl adjacent to an activating group) is 1. The number of carbonyl (C=O) groups excluding carboxylic acids is 1. The molecule has 0 heterocycles. The van der Waals surface area contributed by atoms with Gasteiger partial charge in [0, 0.05) is 19.2 Å². The van der Waals surface area contributed by atoms with Crippen LogP contribution in [0, 0.1) is 0 Å².